The minimum absolute atomic E-state index is 0.0530. The van der Waals surface area contributed by atoms with Crippen LogP contribution in [0.1, 0.15) is 15.9 Å². The molecule has 3 rings (SSSR count). The molecule has 0 aliphatic rings. The van der Waals surface area contributed by atoms with Gasteiger partial charge in [-0.3, -0.25) is 4.79 Å². The smallest absolute Gasteiger partial charge is 0.257 e. The molecular formula is C19H17NO2S. The van der Waals surface area contributed by atoms with Gasteiger partial charge in [0.2, 0.25) is 0 Å². The Morgan fingerprint density at radius 2 is 1.78 bits per heavy atom. The van der Waals surface area contributed by atoms with E-state index in [9.17, 15) is 4.79 Å². The molecule has 0 saturated heterocycles. The molecule has 0 bridgehead atoms. The summed E-state index contributed by atoms with van der Waals surface area (Å²) in [6.07, 6.45) is 0. The average molecular weight is 323 g/mol. The third-order valence-corrected chi connectivity index (χ3v) is 4.17. The molecule has 116 valence electrons. The van der Waals surface area contributed by atoms with E-state index in [4.69, 9.17) is 4.74 Å². The molecule has 0 N–H and O–H groups in total. The molecule has 4 heteroatoms. The highest BCUT2D eigenvalue weighted by atomic mass is 32.1. The van der Waals surface area contributed by atoms with Gasteiger partial charge >= 0.3 is 0 Å². The van der Waals surface area contributed by atoms with Gasteiger partial charge in [-0.2, -0.15) is 11.3 Å². The fourth-order valence-corrected chi connectivity index (χ4v) is 2.94. The number of amides is 1. The topological polar surface area (TPSA) is 29.5 Å². The summed E-state index contributed by atoms with van der Waals surface area (Å²) < 4.78 is 5.87. The highest BCUT2D eigenvalue weighted by Gasteiger charge is 2.17. The van der Waals surface area contributed by atoms with Crippen molar-refractivity contribution in [2.45, 2.75) is 6.54 Å². The summed E-state index contributed by atoms with van der Waals surface area (Å²) in [6.45, 7) is 0.585. The van der Waals surface area contributed by atoms with Gasteiger partial charge in [0, 0.05) is 13.6 Å². The summed E-state index contributed by atoms with van der Waals surface area (Å²) in [5.74, 6) is 1.23. The van der Waals surface area contributed by atoms with Crippen molar-refractivity contribution in [1.29, 1.82) is 0 Å². The van der Waals surface area contributed by atoms with E-state index in [1.165, 1.54) is 0 Å². The van der Waals surface area contributed by atoms with Crippen LogP contribution in [-0.2, 0) is 6.54 Å². The number of rotatable bonds is 5. The second kappa shape index (κ2) is 7.11. The van der Waals surface area contributed by atoms with E-state index < -0.39 is 0 Å². The second-order valence-electron chi connectivity index (χ2n) is 5.20. The van der Waals surface area contributed by atoms with Crippen molar-refractivity contribution in [2.75, 3.05) is 7.05 Å². The lowest BCUT2D eigenvalue weighted by Crippen LogP contribution is -2.26. The van der Waals surface area contributed by atoms with Gasteiger partial charge in [-0.25, -0.2) is 0 Å². The predicted octanol–water partition coefficient (Wildman–Crippen LogP) is 4.81. The molecule has 23 heavy (non-hydrogen) atoms. The summed E-state index contributed by atoms with van der Waals surface area (Å²) in [4.78, 5) is 14.4. The van der Waals surface area contributed by atoms with Crippen molar-refractivity contribution in [3.63, 3.8) is 0 Å². The number of carbonyl (C=O) groups is 1. The maximum Gasteiger partial charge on any atom is 0.257 e. The van der Waals surface area contributed by atoms with Crippen molar-refractivity contribution >= 4 is 17.2 Å². The van der Waals surface area contributed by atoms with E-state index in [0.717, 1.165) is 5.56 Å². The zero-order chi connectivity index (χ0) is 16.1. The van der Waals surface area contributed by atoms with Gasteiger partial charge in [-0.15, -0.1) is 0 Å². The maximum absolute atomic E-state index is 12.7. The monoisotopic (exact) mass is 323 g/mol. The fourth-order valence-electron chi connectivity index (χ4n) is 2.28. The Hall–Kier alpha value is -2.59. The molecule has 3 aromatic rings. The Kier molecular flexibility index (Phi) is 4.74. The highest BCUT2D eigenvalue weighted by Crippen LogP contribution is 2.26. The summed E-state index contributed by atoms with van der Waals surface area (Å²) in [5, 5.41) is 4.07. The molecule has 0 aliphatic heterocycles. The van der Waals surface area contributed by atoms with Gasteiger partial charge in [-0.1, -0.05) is 30.3 Å². The summed E-state index contributed by atoms with van der Waals surface area (Å²) >= 11 is 1.63. The number of thiophene rings is 1. The van der Waals surface area contributed by atoms with E-state index in [-0.39, 0.29) is 5.91 Å². The molecule has 0 unspecified atom stereocenters. The second-order valence-corrected chi connectivity index (χ2v) is 5.98. The molecule has 2 aromatic carbocycles. The van der Waals surface area contributed by atoms with Gasteiger partial charge in [0.15, 0.2) is 0 Å². The number of ether oxygens (including phenoxy) is 1. The van der Waals surface area contributed by atoms with Crippen LogP contribution in [0.5, 0.6) is 11.5 Å². The van der Waals surface area contributed by atoms with Crippen molar-refractivity contribution < 1.29 is 9.53 Å². The normalized spacial score (nSPS) is 10.3. The van der Waals surface area contributed by atoms with E-state index in [1.54, 1.807) is 29.4 Å². The maximum atomic E-state index is 12.7. The van der Waals surface area contributed by atoms with Crippen LogP contribution in [0.4, 0.5) is 0 Å². The van der Waals surface area contributed by atoms with Gasteiger partial charge in [-0.05, 0) is 46.7 Å². The molecule has 0 fully saturated rings. The van der Waals surface area contributed by atoms with Crippen LogP contribution >= 0.6 is 11.3 Å². The van der Waals surface area contributed by atoms with Crippen LogP contribution in [-0.4, -0.2) is 17.9 Å². The first-order valence-electron chi connectivity index (χ1n) is 7.32. The minimum Gasteiger partial charge on any atom is -0.457 e. The van der Waals surface area contributed by atoms with E-state index >= 15 is 0 Å². The lowest BCUT2D eigenvalue weighted by atomic mass is 10.1. The van der Waals surface area contributed by atoms with Crippen molar-refractivity contribution in [2.24, 2.45) is 0 Å². The Balaban J connectivity index is 1.80. The Bertz CT molecular complexity index is 769. The number of benzene rings is 2. The molecular weight excluding hydrogens is 306 g/mol. The van der Waals surface area contributed by atoms with Gasteiger partial charge < -0.3 is 9.64 Å². The molecule has 1 amide bonds. The molecule has 3 nitrogen and oxygen atoms in total. The zero-order valence-electron chi connectivity index (χ0n) is 12.8. The van der Waals surface area contributed by atoms with Gasteiger partial charge in [0.1, 0.15) is 11.5 Å². The lowest BCUT2D eigenvalue weighted by Gasteiger charge is -2.18. The van der Waals surface area contributed by atoms with Crippen molar-refractivity contribution in [3.05, 3.63) is 82.6 Å². The molecule has 1 aromatic heterocycles. The predicted molar refractivity (Wildman–Crippen MR) is 93.1 cm³/mol. The van der Waals surface area contributed by atoms with Crippen molar-refractivity contribution in [1.82, 2.24) is 4.90 Å². The van der Waals surface area contributed by atoms with E-state index in [1.807, 2.05) is 60.0 Å². The van der Waals surface area contributed by atoms with E-state index in [2.05, 4.69) is 5.38 Å². The Morgan fingerprint density at radius 1 is 1.04 bits per heavy atom. The largest absolute Gasteiger partial charge is 0.457 e. The number of hydrogen-bond acceptors (Lipinski definition) is 3. The van der Waals surface area contributed by atoms with E-state index in [0.29, 0.717) is 23.6 Å². The molecule has 0 atom stereocenters. The van der Waals surface area contributed by atoms with Gasteiger partial charge in [0.05, 0.1) is 5.56 Å². The average Bonchev–Trinajstić information content (AvgIpc) is 3.08. The first-order valence-corrected chi connectivity index (χ1v) is 8.27. The molecule has 0 aliphatic carbocycles. The van der Waals surface area contributed by atoms with Crippen LogP contribution in [0.3, 0.4) is 0 Å². The van der Waals surface area contributed by atoms with Crippen LogP contribution in [0, 0.1) is 0 Å². The summed E-state index contributed by atoms with van der Waals surface area (Å²) in [7, 11) is 1.80. The number of hydrogen-bond donors (Lipinski definition) is 0. The quantitative estimate of drug-likeness (QED) is 0.674. The highest BCUT2D eigenvalue weighted by molar-refractivity contribution is 7.07. The molecule has 1 heterocycles. The van der Waals surface area contributed by atoms with Crippen LogP contribution in [0.15, 0.2) is 71.4 Å². The third-order valence-electron chi connectivity index (χ3n) is 3.44. The number of para-hydroxylation sites is 2. The molecule has 0 radical (unpaired) electrons. The van der Waals surface area contributed by atoms with Gasteiger partial charge in [0.25, 0.3) is 5.91 Å². The SMILES string of the molecule is CN(Cc1ccsc1)C(=O)c1ccccc1Oc1ccccc1. The van der Waals surface area contributed by atoms with Crippen LogP contribution < -0.4 is 4.74 Å². The third kappa shape index (κ3) is 3.79. The zero-order valence-corrected chi connectivity index (χ0v) is 13.6. The van der Waals surface area contributed by atoms with Crippen molar-refractivity contribution in [3.8, 4) is 11.5 Å². The Labute approximate surface area is 139 Å². The van der Waals surface area contributed by atoms with Crippen LogP contribution in [0.25, 0.3) is 0 Å². The molecule has 0 spiro atoms. The first-order chi connectivity index (χ1) is 11.2. The summed E-state index contributed by atoms with van der Waals surface area (Å²) in [5.41, 5.74) is 1.70. The van der Waals surface area contributed by atoms with Crippen LogP contribution in [0.2, 0.25) is 0 Å². The molecule has 0 saturated carbocycles. The standard InChI is InChI=1S/C19H17NO2S/c1-20(13-15-11-12-23-14-15)19(21)17-9-5-6-10-18(17)22-16-7-3-2-4-8-16/h2-12,14H,13H2,1H3. The fraction of sp³-hybridized carbons (Fsp3) is 0.105. The summed E-state index contributed by atoms with van der Waals surface area (Å²) in [6, 6.07) is 18.8. The number of carbonyl (C=O) groups excluding carboxylic acids is 1. The lowest BCUT2D eigenvalue weighted by molar-refractivity contribution is 0.0782. The number of nitrogens with zero attached hydrogens (tertiary/aromatic N) is 1. The first kappa shape index (κ1) is 15.3. The Morgan fingerprint density at radius 3 is 2.52 bits per heavy atom. The minimum atomic E-state index is -0.0530.